The van der Waals surface area contributed by atoms with E-state index in [-0.39, 0.29) is 23.4 Å². The van der Waals surface area contributed by atoms with Crippen molar-refractivity contribution in [2.75, 3.05) is 0 Å². The number of benzene rings is 3. The molecule has 180 valence electrons. The first-order valence-electron chi connectivity index (χ1n) is 10.7. The summed E-state index contributed by atoms with van der Waals surface area (Å²) in [4.78, 5) is 17.8. The molecule has 0 atom stereocenters. The van der Waals surface area contributed by atoms with Gasteiger partial charge >= 0.3 is 11.9 Å². The molecule has 0 amide bonds. The van der Waals surface area contributed by atoms with Crippen LogP contribution < -0.4 is 5.69 Å². The number of aryl methyl sites for hydroxylation is 2. The first-order valence-corrected chi connectivity index (χ1v) is 10.7. The first kappa shape index (κ1) is 23.9. The second-order valence-electron chi connectivity index (χ2n) is 7.94. The molecule has 0 radical (unpaired) electrons. The van der Waals surface area contributed by atoms with E-state index in [0.717, 1.165) is 21.0 Å². The monoisotopic (exact) mass is 481 g/mol. The van der Waals surface area contributed by atoms with Crippen LogP contribution in [0.2, 0.25) is 0 Å². The van der Waals surface area contributed by atoms with Gasteiger partial charge in [-0.3, -0.25) is 0 Å². The lowest BCUT2D eigenvalue weighted by Gasteiger charge is -2.15. The fourth-order valence-corrected chi connectivity index (χ4v) is 3.66. The molecule has 4 aromatic rings. The third-order valence-electron chi connectivity index (χ3n) is 5.57. The molecule has 7 nitrogen and oxygen atoms in total. The second kappa shape index (κ2) is 9.57. The Kier molecular flexibility index (Phi) is 6.54. The van der Waals surface area contributed by atoms with Gasteiger partial charge in [-0.25, -0.2) is 4.79 Å². The molecule has 0 N–H and O–H groups in total. The zero-order valence-corrected chi connectivity index (χ0v) is 19.2. The lowest BCUT2D eigenvalue weighted by atomic mass is 9.96. The molecule has 0 saturated carbocycles. The molecule has 1 heterocycles. The van der Waals surface area contributed by atoms with Crippen molar-refractivity contribution in [3.63, 3.8) is 0 Å². The smallest absolute Gasteiger partial charge is 0.391 e. The van der Waals surface area contributed by atoms with E-state index < -0.39 is 17.4 Å². The Morgan fingerprint density at radius 3 is 2.43 bits per heavy atom. The zero-order chi connectivity index (χ0) is 25.2. The van der Waals surface area contributed by atoms with Gasteiger partial charge in [0, 0.05) is 12.6 Å². The van der Waals surface area contributed by atoms with Gasteiger partial charge in [-0.2, -0.15) is 22.5 Å². The fraction of sp³-hybridized carbons (Fsp3) is 0.200. The van der Waals surface area contributed by atoms with Crippen LogP contribution in [0.3, 0.4) is 0 Å². The third kappa shape index (κ3) is 5.01. The number of rotatable bonds is 6. The SMILES string of the molecule is C/C(=N/OCc1c(C)cccc1-n1nnn(C)c1=O)c1ccc(-c2ccccc2)c(C(F)(F)F)c1. The van der Waals surface area contributed by atoms with E-state index >= 15 is 0 Å². The lowest BCUT2D eigenvalue weighted by Crippen LogP contribution is -2.23. The van der Waals surface area contributed by atoms with Crippen LogP contribution in [0, 0.1) is 6.92 Å². The number of hydrogen-bond acceptors (Lipinski definition) is 5. The maximum Gasteiger partial charge on any atom is 0.417 e. The maximum absolute atomic E-state index is 13.8. The van der Waals surface area contributed by atoms with E-state index in [1.54, 1.807) is 55.5 Å². The van der Waals surface area contributed by atoms with Crippen LogP contribution in [0.15, 0.2) is 76.7 Å². The van der Waals surface area contributed by atoms with Gasteiger partial charge in [0.25, 0.3) is 0 Å². The quantitative estimate of drug-likeness (QED) is 0.290. The average Bonchev–Trinajstić information content (AvgIpc) is 3.17. The molecule has 1 aromatic heterocycles. The van der Waals surface area contributed by atoms with E-state index in [1.165, 1.54) is 13.1 Å². The van der Waals surface area contributed by atoms with Crippen molar-refractivity contribution in [3.8, 4) is 16.8 Å². The summed E-state index contributed by atoms with van der Waals surface area (Å²) in [7, 11) is 1.49. The highest BCUT2D eigenvalue weighted by atomic mass is 19.4. The van der Waals surface area contributed by atoms with Crippen LogP contribution in [-0.4, -0.2) is 25.5 Å². The van der Waals surface area contributed by atoms with Crippen molar-refractivity contribution in [3.05, 3.63) is 99.5 Å². The highest BCUT2D eigenvalue weighted by molar-refractivity contribution is 5.99. The first-order chi connectivity index (χ1) is 16.7. The summed E-state index contributed by atoms with van der Waals surface area (Å²) >= 11 is 0. The molecule has 3 aromatic carbocycles. The molecule has 0 spiro atoms. The Balaban J connectivity index is 1.61. The molecular weight excluding hydrogens is 459 g/mol. The highest BCUT2D eigenvalue weighted by Gasteiger charge is 2.34. The number of nitrogens with zero attached hydrogens (tertiary/aromatic N) is 5. The van der Waals surface area contributed by atoms with Gasteiger partial charge in [-0.1, -0.05) is 59.8 Å². The van der Waals surface area contributed by atoms with Crippen molar-refractivity contribution in [2.24, 2.45) is 12.2 Å². The van der Waals surface area contributed by atoms with Crippen LogP contribution in [-0.2, 0) is 24.7 Å². The van der Waals surface area contributed by atoms with Crippen molar-refractivity contribution < 1.29 is 18.0 Å². The largest absolute Gasteiger partial charge is 0.417 e. The molecule has 0 aliphatic rings. The number of hydrogen-bond donors (Lipinski definition) is 0. The maximum atomic E-state index is 13.8. The van der Waals surface area contributed by atoms with Crippen LogP contribution in [0.25, 0.3) is 16.8 Å². The van der Waals surface area contributed by atoms with E-state index in [9.17, 15) is 18.0 Å². The van der Waals surface area contributed by atoms with Crippen molar-refractivity contribution in [2.45, 2.75) is 26.6 Å². The van der Waals surface area contributed by atoms with E-state index in [1.807, 2.05) is 13.0 Å². The summed E-state index contributed by atoms with van der Waals surface area (Å²) in [6.45, 7) is 3.40. The zero-order valence-electron chi connectivity index (χ0n) is 19.2. The number of tetrazole rings is 1. The molecule has 0 aliphatic carbocycles. The number of halogens is 3. The number of aromatic nitrogens is 4. The Labute approximate surface area is 199 Å². The standard InChI is InChI=1S/C25H22F3N5O2/c1-16-8-7-11-23(33-24(34)32(3)30-31-33)21(16)15-35-29-17(2)19-12-13-20(18-9-5-4-6-10-18)22(14-19)25(26,27)28/h4-14H,15H2,1-3H3/b29-17-. The normalized spacial score (nSPS) is 12.1. The molecule has 35 heavy (non-hydrogen) atoms. The molecule has 0 aliphatic heterocycles. The van der Waals surface area contributed by atoms with Gasteiger partial charge < -0.3 is 4.84 Å². The average molecular weight is 481 g/mol. The summed E-state index contributed by atoms with van der Waals surface area (Å²) in [5.41, 5.74) is 1.94. The summed E-state index contributed by atoms with van der Waals surface area (Å²) in [6, 6.07) is 17.8. The van der Waals surface area contributed by atoms with Crippen LogP contribution in [0.1, 0.15) is 29.2 Å². The second-order valence-corrected chi connectivity index (χ2v) is 7.94. The van der Waals surface area contributed by atoms with Gasteiger partial charge in [0.15, 0.2) is 0 Å². The van der Waals surface area contributed by atoms with Gasteiger partial charge in [0.1, 0.15) is 6.61 Å². The Morgan fingerprint density at radius 2 is 1.77 bits per heavy atom. The molecular formula is C25H22F3N5O2. The molecule has 10 heteroatoms. The van der Waals surface area contributed by atoms with Crippen LogP contribution in [0.4, 0.5) is 13.2 Å². The van der Waals surface area contributed by atoms with E-state index in [2.05, 4.69) is 15.6 Å². The van der Waals surface area contributed by atoms with Crippen LogP contribution in [0.5, 0.6) is 0 Å². The van der Waals surface area contributed by atoms with Gasteiger partial charge in [-0.05, 0) is 58.7 Å². The Morgan fingerprint density at radius 1 is 1.03 bits per heavy atom. The lowest BCUT2D eigenvalue weighted by molar-refractivity contribution is -0.137. The van der Waals surface area contributed by atoms with E-state index in [0.29, 0.717) is 16.8 Å². The van der Waals surface area contributed by atoms with Crippen molar-refractivity contribution in [1.29, 1.82) is 0 Å². The van der Waals surface area contributed by atoms with Crippen molar-refractivity contribution in [1.82, 2.24) is 19.8 Å². The van der Waals surface area contributed by atoms with Gasteiger partial charge in [0.2, 0.25) is 0 Å². The molecule has 0 unspecified atom stereocenters. The number of oxime groups is 1. The molecule has 4 rings (SSSR count). The summed E-state index contributed by atoms with van der Waals surface area (Å²) in [5.74, 6) is 0. The predicted molar refractivity (Wildman–Crippen MR) is 125 cm³/mol. The van der Waals surface area contributed by atoms with Crippen LogP contribution >= 0.6 is 0 Å². The summed E-state index contributed by atoms with van der Waals surface area (Å²) in [6.07, 6.45) is -4.54. The number of alkyl halides is 3. The summed E-state index contributed by atoms with van der Waals surface area (Å²) in [5, 5.41) is 11.6. The minimum absolute atomic E-state index is 0.0173. The fourth-order valence-electron chi connectivity index (χ4n) is 3.66. The molecule has 0 fully saturated rings. The Bertz CT molecular complexity index is 1440. The van der Waals surface area contributed by atoms with Gasteiger partial charge in [-0.15, -0.1) is 0 Å². The third-order valence-corrected chi connectivity index (χ3v) is 5.57. The molecule has 0 saturated heterocycles. The molecule has 0 bridgehead atoms. The minimum atomic E-state index is -4.54. The van der Waals surface area contributed by atoms with Gasteiger partial charge in [0.05, 0.1) is 17.0 Å². The Hall–Kier alpha value is -4.21. The predicted octanol–water partition coefficient (Wildman–Crippen LogP) is 4.90. The van der Waals surface area contributed by atoms with Crippen molar-refractivity contribution >= 4 is 5.71 Å². The highest BCUT2D eigenvalue weighted by Crippen LogP contribution is 2.37. The topological polar surface area (TPSA) is 74.3 Å². The summed E-state index contributed by atoms with van der Waals surface area (Å²) < 4.78 is 43.7. The van der Waals surface area contributed by atoms with E-state index in [4.69, 9.17) is 4.84 Å². The minimum Gasteiger partial charge on any atom is -0.391 e.